The molecular formula is C16H21N3O. The molecule has 1 aromatic rings. The number of carbonyl (C=O) groups excluding carboxylic acids is 1. The Morgan fingerprint density at radius 2 is 2.00 bits per heavy atom. The normalized spacial score (nSPS) is 19.4. The van der Waals surface area contributed by atoms with Crippen molar-refractivity contribution in [2.24, 2.45) is 0 Å². The van der Waals surface area contributed by atoms with Crippen molar-refractivity contribution in [1.82, 2.24) is 4.90 Å². The van der Waals surface area contributed by atoms with Crippen LogP contribution >= 0.6 is 0 Å². The maximum absolute atomic E-state index is 11.4. The number of amides is 1. The zero-order chi connectivity index (χ0) is 13.9. The third-order valence-electron chi connectivity index (χ3n) is 4.11. The van der Waals surface area contributed by atoms with E-state index in [-0.39, 0.29) is 5.91 Å². The van der Waals surface area contributed by atoms with Gasteiger partial charge >= 0.3 is 0 Å². The molecule has 4 nitrogen and oxygen atoms in total. The number of rotatable bonds is 3. The van der Waals surface area contributed by atoms with Crippen LogP contribution in [-0.4, -0.2) is 43.5 Å². The zero-order valence-electron chi connectivity index (χ0n) is 11.8. The summed E-state index contributed by atoms with van der Waals surface area (Å²) in [5, 5.41) is 2.94. The van der Waals surface area contributed by atoms with E-state index in [9.17, 15) is 4.79 Å². The van der Waals surface area contributed by atoms with Crippen molar-refractivity contribution in [3.8, 4) is 0 Å². The van der Waals surface area contributed by atoms with Gasteiger partial charge in [0.15, 0.2) is 0 Å². The molecule has 3 rings (SSSR count). The first-order valence-electron chi connectivity index (χ1n) is 7.27. The lowest BCUT2D eigenvalue weighted by atomic mass is 10.0. The van der Waals surface area contributed by atoms with E-state index in [1.165, 1.54) is 11.3 Å². The summed E-state index contributed by atoms with van der Waals surface area (Å²) in [7, 11) is 0. The van der Waals surface area contributed by atoms with Crippen LogP contribution in [0.5, 0.6) is 0 Å². The van der Waals surface area contributed by atoms with Crippen molar-refractivity contribution in [2.45, 2.75) is 12.8 Å². The number of nitrogens with one attached hydrogen (secondary N) is 1. The highest BCUT2D eigenvalue weighted by molar-refractivity contribution is 5.94. The summed E-state index contributed by atoms with van der Waals surface area (Å²) in [5.41, 5.74) is 3.52. The van der Waals surface area contributed by atoms with Gasteiger partial charge in [0.1, 0.15) is 0 Å². The van der Waals surface area contributed by atoms with Gasteiger partial charge < -0.3 is 10.2 Å². The van der Waals surface area contributed by atoms with Crippen LogP contribution in [0.2, 0.25) is 0 Å². The topological polar surface area (TPSA) is 35.6 Å². The van der Waals surface area contributed by atoms with E-state index in [1.807, 2.05) is 12.1 Å². The van der Waals surface area contributed by atoms with Gasteiger partial charge in [0.05, 0.1) is 0 Å². The van der Waals surface area contributed by atoms with Crippen LogP contribution in [-0.2, 0) is 11.2 Å². The number of piperazine rings is 1. The van der Waals surface area contributed by atoms with E-state index in [0.717, 1.165) is 44.8 Å². The monoisotopic (exact) mass is 271 g/mol. The van der Waals surface area contributed by atoms with E-state index in [0.29, 0.717) is 6.42 Å². The lowest BCUT2D eigenvalue weighted by molar-refractivity contribution is -0.116. The Hall–Kier alpha value is -1.81. The molecule has 0 atom stereocenters. The molecule has 0 unspecified atom stereocenters. The number of anilines is 2. The third kappa shape index (κ3) is 2.70. The SMILES string of the molecule is C=CCN1CCN(c2ccc3c(c2)CCC(=O)N3)CC1. The molecule has 2 aliphatic rings. The van der Waals surface area contributed by atoms with Crippen LogP contribution in [0.3, 0.4) is 0 Å². The molecule has 0 radical (unpaired) electrons. The molecule has 4 heteroatoms. The number of fused-ring (bicyclic) bond motifs is 1. The predicted molar refractivity (Wildman–Crippen MR) is 82.2 cm³/mol. The largest absolute Gasteiger partial charge is 0.369 e. The van der Waals surface area contributed by atoms with Crippen LogP contribution in [0.4, 0.5) is 11.4 Å². The average Bonchev–Trinajstić information content (AvgIpc) is 2.48. The van der Waals surface area contributed by atoms with Crippen LogP contribution in [0.25, 0.3) is 0 Å². The number of benzene rings is 1. The Kier molecular flexibility index (Phi) is 3.74. The highest BCUT2D eigenvalue weighted by Gasteiger charge is 2.19. The number of aryl methyl sites for hydroxylation is 1. The molecule has 0 aromatic heterocycles. The van der Waals surface area contributed by atoms with Gasteiger partial charge in [-0.15, -0.1) is 6.58 Å². The quantitative estimate of drug-likeness (QED) is 0.853. The van der Waals surface area contributed by atoms with Gasteiger partial charge in [0, 0.05) is 50.5 Å². The molecule has 1 N–H and O–H groups in total. The van der Waals surface area contributed by atoms with E-state index in [2.05, 4.69) is 33.8 Å². The number of nitrogens with zero attached hydrogens (tertiary/aromatic N) is 2. The average molecular weight is 271 g/mol. The Morgan fingerprint density at radius 1 is 1.20 bits per heavy atom. The Morgan fingerprint density at radius 3 is 2.75 bits per heavy atom. The molecule has 0 saturated carbocycles. The summed E-state index contributed by atoms with van der Waals surface area (Å²) in [6, 6.07) is 6.39. The summed E-state index contributed by atoms with van der Waals surface area (Å²) < 4.78 is 0. The minimum atomic E-state index is 0.128. The summed E-state index contributed by atoms with van der Waals surface area (Å²) in [5.74, 6) is 0.128. The van der Waals surface area contributed by atoms with Crippen LogP contribution in [0.1, 0.15) is 12.0 Å². The number of hydrogen-bond donors (Lipinski definition) is 1. The van der Waals surface area contributed by atoms with Crippen molar-refractivity contribution < 1.29 is 4.79 Å². The van der Waals surface area contributed by atoms with Gasteiger partial charge in [-0.1, -0.05) is 6.08 Å². The molecule has 106 valence electrons. The highest BCUT2D eigenvalue weighted by atomic mass is 16.1. The molecule has 0 aliphatic carbocycles. The fourth-order valence-electron chi connectivity index (χ4n) is 2.94. The molecule has 1 fully saturated rings. The van der Waals surface area contributed by atoms with Gasteiger partial charge in [-0.3, -0.25) is 9.69 Å². The zero-order valence-corrected chi connectivity index (χ0v) is 11.8. The van der Waals surface area contributed by atoms with Gasteiger partial charge in [0.25, 0.3) is 0 Å². The van der Waals surface area contributed by atoms with Crippen molar-refractivity contribution in [1.29, 1.82) is 0 Å². The first-order valence-corrected chi connectivity index (χ1v) is 7.27. The van der Waals surface area contributed by atoms with Crippen molar-refractivity contribution in [3.05, 3.63) is 36.4 Å². The smallest absolute Gasteiger partial charge is 0.224 e. The Balaban J connectivity index is 1.69. The molecule has 0 bridgehead atoms. The van der Waals surface area contributed by atoms with Crippen molar-refractivity contribution in [2.75, 3.05) is 42.9 Å². The molecule has 0 spiro atoms. The lowest BCUT2D eigenvalue weighted by Crippen LogP contribution is -2.46. The lowest BCUT2D eigenvalue weighted by Gasteiger charge is -2.36. The fourth-order valence-corrected chi connectivity index (χ4v) is 2.94. The maximum atomic E-state index is 11.4. The fraction of sp³-hybridized carbons (Fsp3) is 0.438. The molecule has 2 heterocycles. The van der Waals surface area contributed by atoms with Crippen LogP contribution in [0, 0.1) is 0 Å². The second kappa shape index (κ2) is 5.67. The maximum Gasteiger partial charge on any atom is 0.224 e. The van der Waals surface area contributed by atoms with E-state index < -0.39 is 0 Å². The van der Waals surface area contributed by atoms with Crippen molar-refractivity contribution >= 4 is 17.3 Å². The first-order chi connectivity index (χ1) is 9.76. The Labute approximate surface area is 120 Å². The Bertz CT molecular complexity index is 518. The van der Waals surface area contributed by atoms with Gasteiger partial charge in [-0.05, 0) is 30.2 Å². The predicted octanol–water partition coefficient (Wildman–Crippen LogP) is 1.88. The van der Waals surface area contributed by atoms with E-state index in [1.54, 1.807) is 0 Å². The molecule has 1 aromatic carbocycles. The van der Waals surface area contributed by atoms with Crippen molar-refractivity contribution in [3.63, 3.8) is 0 Å². The van der Waals surface area contributed by atoms with Gasteiger partial charge in [-0.2, -0.15) is 0 Å². The minimum absolute atomic E-state index is 0.128. The molecular weight excluding hydrogens is 250 g/mol. The minimum Gasteiger partial charge on any atom is -0.369 e. The second-order valence-electron chi connectivity index (χ2n) is 5.47. The molecule has 1 saturated heterocycles. The molecule has 2 aliphatic heterocycles. The van der Waals surface area contributed by atoms with Gasteiger partial charge in [-0.25, -0.2) is 0 Å². The van der Waals surface area contributed by atoms with E-state index in [4.69, 9.17) is 0 Å². The van der Waals surface area contributed by atoms with Crippen LogP contribution < -0.4 is 10.2 Å². The second-order valence-corrected chi connectivity index (χ2v) is 5.47. The summed E-state index contributed by atoms with van der Waals surface area (Å²) in [4.78, 5) is 16.2. The highest BCUT2D eigenvalue weighted by Crippen LogP contribution is 2.28. The number of hydrogen-bond acceptors (Lipinski definition) is 3. The standard InChI is InChI=1S/C16H21N3O/c1-2-7-18-8-10-19(11-9-18)14-4-5-15-13(12-14)3-6-16(20)17-15/h2,4-5,12H,1,3,6-11H2,(H,17,20). The first kappa shape index (κ1) is 13.2. The summed E-state index contributed by atoms with van der Waals surface area (Å²) in [6.45, 7) is 9.05. The molecule has 20 heavy (non-hydrogen) atoms. The summed E-state index contributed by atoms with van der Waals surface area (Å²) >= 11 is 0. The summed E-state index contributed by atoms with van der Waals surface area (Å²) in [6.07, 6.45) is 3.42. The number of carbonyl (C=O) groups is 1. The molecule has 1 amide bonds. The van der Waals surface area contributed by atoms with Crippen LogP contribution in [0.15, 0.2) is 30.9 Å². The van der Waals surface area contributed by atoms with Gasteiger partial charge in [0.2, 0.25) is 5.91 Å². The third-order valence-corrected chi connectivity index (χ3v) is 4.11. The van der Waals surface area contributed by atoms with E-state index >= 15 is 0 Å².